The highest BCUT2D eigenvalue weighted by Gasteiger charge is 2.30. The third-order valence-electron chi connectivity index (χ3n) is 3.56. The Balaban J connectivity index is 1.98. The highest BCUT2D eigenvalue weighted by Crippen LogP contribution is 2.28. The van der Waals surface area contributed by atoms with Crippen LogP contribution in [0.15, 0.2) is 18.2 Å². The zero-order valence-electron chi connectivity index (χ0n) is 12.4. The molecule has 3 heterocycles. The zero-order valence-corrected chi connectivity index (χ0v) is 12.4. The summed E-state index contributed by atoms with van der Waals surface area (Å²) in [6.45, 7) is 2.76. The van der Waals surface area contributed by atoms with E-state index in [9.17, 15) is 0 Å². The van der Waals surface area contributed by atoms with Crippen molar-refractivity contribution in [3.63, 3.8) is 0 Å². The van der Waals surface area contributed by atoms with E-state index in [1.807, 2.05) is 29.8 Å². The molecule has 0 spiro atoms. The van der Waals surface area contributed by atoms with Crippen LogP contribution >= 0.6 is 0 Å². The maximum atomic E-state index is 5.38. The van der Waals surface area contributed by atoms with Crippen LogP contribution < -0.4 is 5.32 Å². The van der Waals surface area contributed by atoms with Crippen LogP contribution in [0.3, 0.4) is 0 Å². The predicted octanol–water partition coefficient (Wildman–Crippen LogP) is 1.62. The summed E-state index contributed by atoms with van der Waals surface area (Å²) in [7, 11) is 3.27. The summed E-state index contributed by atoms with van der Waals surface area (Å²) in [6, 6.07) is 5.82. The molecular formula is C14H19N5O2. The second kappa shape index (κ2) is 5.79. The third-order valence-corrected chi connectivity index (χ3v) is 3.56. The summed E-state index contributed by atoms with van der Waals surface area (Å²) in [5.74, 6) is 1.34. The van der Waals surface area contributed by atoms with Crippen molar-refractivity contribution < 1.29 is 9.47 Å². The van der Waals surface area contributed by atoms with E-state index in [0.29, 0.717) is 5.82 Å². The first-order valence-electron chi connectivity index (χ1n) is 6.93. The molecule has 0 radical (unpaired) electrons. The van der Waals surface area contributed by atoms with Crippen molar-refractivity contribution in [2.45, 2.75) is 25.7 Å². The first-order valence-corrected chi connectivity index (χ1v) is 6.93. The van der Waals surface area contributed by atoms with Crippen molar-refractivity contribution in [3.05, 3.63) is 23.9 Å². The fourth-order valence-electron chi connectivity index (χ4n) is 2.57. The van der Waals surface area contributed by atoms with Crippen molar-refractivity contribution in [2.75, 3.05) is 26.1 Å². The standard InChI is InChI=1S/C14H19N5O2/c1-9-5-4-6-10(16-9)12-17-14-15-8-7-11(19(14)18-12)13(20-2)21-3/h4-6,11,13H,7-8H2,1-3H3,(H,15,17,18). The normalized spacial score (nSPS) is 17.6. The van der Waals surface area contributed by atoms with Crippen LogP contribution in [0.5, 0.6) is 0 Å². The lowest BCUT2D eigenvalue weighted by molar-refractivity contribution is -0.135. The quantitative estimate of drug-likeness (QED) is 0.862. The van der Waals surface area contributed by atoms with Crippen LogP contribution in [0.4, 0.5) is 5.95 Å². The molecule has 0 fully saturated rings. The minimum Gasteiger partial charge on any atom is -0.354 e. The van der Waals surface area contributed by atoms with Gasteiger partial charge in [-0.25, -0.2) is 9.67 Å². The van der Waals surface area contributed by atoms with Crippen LogP contribution in [0.25, 0.3) is 11.5 Å². The fourth-order valence-corrected chi connectivity index (χ4v) is 2.57. The smallest absolute Gasteiger partial charge is 0.222 e. The van der Waals surface area contributed by atoms with Crippen LogP contribution in [0.2, 0.25) is 0 Å². The lowest BCUT2D eigenvalue weighted by atomic mass is 10.2. The summed E-state index contributed by atoms with van der Waals surface area (Å²) in [5, 5.41) is 7.83. The van der Waals surface area contributed by atoms with Gasteiger partial charge in [0.25, 0.3) is 0 Å². The molecule has 1 atom stereocenters. The molecule has 7 nitrogen and oxygen atoms in total. The van der Waals surface area contributed by atoms with Gasteiger partial charge in [-0.2, -0.15) is 4.98 Å². The predicted molar refractivity (Wildman–Crippen MR) is 77.9 cm³/mol. The minimum atomic E-state index is -0.342. The Kier molecular flexibility index (Phi) is 3.85. The Labute approximate surface area is 123 Å². The molecule has 7 heteroatoms. The molecule has 21 heavy (non-hydrogen) atoms. The highest BCUT2D eigenvalue weighted by molar-refractivity contribution is 5.51. The fraction of sp³-hybridized carbons (Fsp3) is 0.500. The number of fused-ring (bicyclic) bond motifs is 1. The lowest BCUT2D eigenvalue weighted by Gasteiger charge is -2.29. The van der Waals surface area contributed by atoms with Crippen molar-refractivity contribution in [2.24, 2.45) is 0 Å². The summed E-state index contributed by atoms with van der Waals surface area (Å²) in [5.41, 5.74) is 1.71. The second-order valence-electron chi connectivity index (χ2n) is 4.99. The third kappa shape index (κ3) is 2.62. The number of rotatable bonds is 4. The number of nitrogens with zero attached hydrogens (tertiary/aromatic N) is 4. The summed E-state index contributed by atoms with van der Waals surface area (Å²) in [4.78, 5) is 9.00. The van der Waals surface area contributed by atoms with Gasteiger partial charge in [0, 0.05) is 26.5 Å². The number of pyridine rings is 1. The number of hydrogen-bond donors (Lipinski definition) is 1. The monoisotopic (exact) mass is 289 g/mol. The number of ether oxygens (including phenoxy) is 2. The molecule has 0 amide bonds. The van der Waals surface area contributed by atoms with E-state index >= 15 is 0 Å². The van der Waals surface area contributed by atoms with Gasteiger partial charge >= 0.3 is 0 Å². The summed E-state index contributed by atoms with van der Waals surface area (Å²) >= 11 is 0. The largest absolute Gasteiger partial charge is 0.354 e. The van der Waals surface area contributed by atoms with Gasteiger partial charge < -0.3 is 14.8 Å². The number of aryl methyl sites for hydroxylation is 1. The number of methoxy groups -OCH3 is 2. The average Bonchev–Trinajstić information content (AvgIpc) is 2.93. The van der Waals surface area contributed by atoms with Gasteiger partial charge in [-0.15, -0.1) is 5.10 Å². The Morgan fingerprint density at radius 2 is 2.10 bits per heavy atom. The molecule has 2 aromatic heterocycles. The molecule has 0 aromatic carbocycles. The highest BCUT2D eigenvalue weighted by atomic mass is 16.7. The molecule has 0 aliphatic carbocycles. The van der Waals surface area contributed by atoms with Crippen LogP contribution in [0, 0.1) is 6.92 Å². The average molecular weight is 289 g/mol. The minimum absolute atomic E-state index is 0.00214. The summed E-state index contributed by atoms with van der Waals surface area (Å²) < 4.78 is 12.6. The molecule has 3 rings (SSSR count). The van der Waals surface area contributed by atoms with Gasteiger partial charge in [-0.05, 0) is 25.5 Å². The maximum Gasteiger partial charge on any atom is 0.222 e. The molecule has 0 saturated heterocycles. The van der Waals surface area contributed by atoms with E-state index < -0.39 is 0 Å². The Morgan fingerprint density at radius 1 is 1.29 bits per heavy atom. The molecule has 1 unspecified atom stereocenters. The first kappa shape index (κ1) is 14.0. The molecule has 0 bridgehead atoms. The maximum absolute atomic E-state index is 5.38. The van der Waals surface area contributed by atoms with E-state index in [4.69, 9.17) is 9.47 Å². The van der Waals surface area contributed by atoms with E-state index in [1.54, 1.807) is 14.2 Å². The molecular weight excluding hydrogens is 270 g/mol. The number of aromatic nitrogens is 4. The molecule has 2 aromatic rings. The van der Waals surface area contributed by atoms with Gasteiger partial charge in [0.05, 0.1) is 0 Å². The molecule has 112 valence electrons. The van der Waals surface area contributed by atoms with Crippen LogP contribution in [-0.4, -0.2) is 46.8 Å². The van der Waals surface area contributed by atoms with Gasteiger partial charge in [-0.1, -0.05) is 6.07 Å². The van der Waals surface area contributed by atoms with E-state index in [-0.39, 0.29) is 12.3 Å². The van der Waals surface area contributed by atoms with Crippen molar-refractivity contribution in [1.82, 2.24) is 19.7 Å². The van der Waals surface area contributed by atoms with Gasteiger partial charge in [0.1, 0.15) is 11.7 Å². The molecule has 0 saturated carbocycles. The first-order chi connectivity index (χ1) is 10.2. The molecule has 1 aliphatic rings. The number of anilines is 1. The lowest BCUT2D eigenvalue weighted by Crippen LogP contribution is -2.34. The number of nitrogens with one attached hydrogen (secondary N) is 1. The van der Waals surface area contributed by atoms with Gasteiger partial charge in [0.2, 0.25) is 11.8 Å². The number of hydrogen-bond acceptors (Lipinski definition) is 6. The van der Waals surface area contributed by atoms with E-state index in [0.717, 1.165) is 30.3 Å². The topological polar surface area (TPSA) is 74.1 Å². The zero-order chi connectivity index (χ0) is 14.8. The van der Waals surface area contributed by atoms with Gasteiger partial charge in [0.15, 0.2) is 6.29 Å². The Hall–Kier alpha value is -1.99. The Bertz CT molecular complexity index is 624. The van der Waals surface area contributed by atoms with Crippen LogP contribution in [-0.2, 0) is 9.47 Å². The second-order valence-corrected chi connectivity index (χ2v) is 4.99. The Morgan fingerprint density at radius 3 is 2.81 bits per heavy atom. The van der Waals surface area contributed by atoms with Crippen LogP contribution in [0.1, 0.15) is 18.2 Å². The van der Waals surface area contributed by atoms with E-state index in [2.05, 4.69) is 20.4 Å². The summed E-state index contributed by atoms with van der Waals surface area (Å²) in [6.07, 6.45) is 0.523. The molecule has 1 N–H and O–H groups in total. The van der Waals surface area contributed by atoms with Crippen molar-refractivity contribution in [3.8, 4) is 11.5 Å². The van der Waals surface area contributed by atoms with Crippen molar-refractivity contribution >= 4 is 5.95 Å². The van der Waals surface area contributed by atoms with E-state index in [1.165, 1.54) is 0 Å². The molecule has 1 aliphatic heterocycles. The SMILES string of the molecule is COC(OC)C1CCNc2nc(-c3cccc(C)n3)nn21. The van der Waals surface area contributed by atoms with Gasteiger partial charge in [-0.3, -0.25) is 0 Å². The van der Waals surface area contributed by atoms with Crippen molar-refractivity contribution in [1.29, 1.82) is 0 Å².